The van der Waals surface area contributed by atoms with E-state index in [0.717, 1.165) is 0 Å². The lowest BCUT2D eigenvalue weighted by Crippen LogP contribution is -2.17. The average Bonchev–Trinajstić information content (AvgIpc) is 2.77. The number of aryl methyl sites for hydroxylation is 1. The second-order valence-corrected chi connectivity index (χ2v) is 5.74. The van der Waals surface area contributed by atoms with Crippen molar-refractivity contribution >= 4 is 21.5 Å². The Morgan fingerprint density at radius 2 is 2.15 bits per heavy atom. The van der Waals surface area contributed by atoms with Crippen LogP contribution in [0.5, 0.6) is 5.75 Å². The fourth-order valence-electron chi connectivity index (χ4n) is 1.68. The maximum absolute atomic E-state index is 12.4. The first-order valence-electron chi connectivity index (χ1n) is 5.97. The monoisotopic (exact) mass is 296 g/mol. The van der Waals surface area contributed by atoms with Crippen LogP contribution in [0.15, 0.2) is 35.4 Å². The minimum atomic E-state index is -3.80. The van der Waals surface area contributed by atoms with E-state index in [-0.39, 0.29) is 10.6 Å². The molecule has 0 bridgehead atoms. The van der Waals surface area contributed by atoms with Crippen molar-refractivity contribution < 1.29 is 13.2 Å². The third-order valence-electron chi connectivity index (χ3n) is 2.62. The van der Waals surface area contributed by atoms with E-state index < -0.39 is 10.0 Å². The first-order chi connectivity index (χ1) is 9.44. The first kappa shape index (κ1) is 14.2. The fraction of sp³-hybridized carbons (Fsp3) is 0.250. The standard InChI is InChI=1S/C12H16N4O3S/c1-3-19-10-5-4-9(13)8-11(10)20(17,18)15-12-6-7-14-16(12)2/h4-8,15H,3,13H2,1-2H3. The van der Waals surface area contributed by atoms with Gasteiger partial charge in [-0.25, -0.2) is 8.42 Å². The maximum atomic E-state index is 12.4. The predicted octanol–water partition coefficient (Wildman–Crippen LogP) is 1.20. The Morgan fingerprint density at radius 3 is 2.75 bits per heavy atom. The molecule has 0 radical (unpaired) electrons. The highest BCUT2D eigenvalue weighted by Gasteiger charge is 2.21. The molecule has 0 saturated heterocycles. The number of nitrogens with two attached hydrogens (primary N) is 1. The topological polar surface area (TPSA) is 99.2 Å². The number of rotatable bonds is 5. The molecule has 1 heterocycles. The molecule has 0 fully saturated rings. The van der Waals surface area contributed by atoms with Gasteiger partial charge in [-0.2, -0.15) is 5.10 Å². The van der Waals surface area contributed by atoms with Gasteiger partial charge in [0.05, 0.1) is 12.8 Å². The molecule has 108 valence electrons. The number of hydrogen-bond donors (Lipinski definition) is 2. The maximum Gasteiger partial charge on any atom is 0.266 e. The summed E-state index contributed by atoms with van der Waals surface area (Å²) >= 11 is 0. The van der Waals surface area contributed by atoms with E-state index in [1.807, 2.05) is 0 Å². The largest absolute Gasteiger partial charge is 0.492 e. The highest BCUT2D eigenvalue weighted by Crippen LogP contribution is 2.27. The SMILES string of the molecule is CCOc1ccc(N)cc1S(=O)(=O)Nc1ccnn1C. The zero-order chi connectivity index (χ0) is 14.8. The van der Waals surface area contributed by atoms with Crippen LogP contribution in [0.2, 0.25) is 0 Å². The highest BCUT2D eigenvalue weighted by atomic mass is 32.2. The normalized spacial score (nSPS) is 11.3. The van der Waals surface area contributed by atoms with Crippen LogP contribution < -0.4 is 15.2 Å². The van der Waals surface area contributed by atoms with Gasteiger partial charge in [-0.3, -0.25) is 9.40 Å². The van der Waals surface area contributed by atoms with E-state index in [9.17, 15) is 8.42 Å². The van der Waals surface area contributed by atoms with Gasteiger partial charge in [-0.1, -0.05) is 0 Å². The molecule has 1 aromatic heterocycles. The van der Waals surface area contributed by atoms with Crippen molar-refractivity contribution in [3.8, 4) is 5.75 Å². The molecule has 20 heavy (non-hydrogen) atoms. The Hall–Kier alpha value is -2.22. The molecule has 0 spiro atoms. The van der Waals surface area contributed by atoms with Gasteiger partial charge >= 0.3 is 0 Å². The van der Waals surface area contributed by atoms with Gasteiger partial charge in [-0.05, 0) is 25.1 Å². The Bertz CT molecular complexity index is 709. The number of sulfonamides is 1. The Labute approximate surface area is 117 Å². The molecule has 0 atom stereocenters. The van der Waals surface area contributed by atoms with Crippen LogP contribution >= 0.6 is 0 Å². The van der Waals surface area contributed by atoms with Crippen LogP contribution in [0.4, 0.5) is 11.5 Å². The zero-order valence-electron chi connectivity index (χ0n) is 11.2. The lowest BCUT2D eigenvalue weighted by molar-refractivity contribution is 0.331. The lowest BCUT2D eigenvalue weighted by atomic mass is 10.3. The molecule has 1 aromatic carbocycles. The summed E-state index contributed by atoms with van der Waals surface area (Å²) in [4.78, 5) is 0.000509. The quantitative estimate of drug-likeness (QED) is 0.808. The van der Waals surface area contributed by atoms with Gasteiger partial charge in [0.25, 0.3) is 10.0 Å². The molecule has 2 aromatic rings. The molecule has 0 amide bonds. The molecule has 0 aliphatic rings. The van der Waals surface area contributed by atoms with Crippen molar-refractivity contribution in [2.24, 2.45) is 7.05 Å². The van der Waals surface area contributed by atoms with E-state index in [2.05, 4.69) is 9.82 Å². The van der Waals surface area contributed by atoms with Crippen LogP contribution in [0.25, 0.3) is 0 Å². The summed E-state index contributed by atoms with van der Waals surface area (Å²) in [6, 6.07) is 6.05. The van der Waals surface area contributed by atoms with Crippen molar-refractivity contribution in [2.75, 3.05) is 17.1 Å². The molecule has 2 rings (SSSR count). The number of nitrogens with zero attached hydrogens (tertiary/aromatic N) is 2. The number of nitrogen functional groups attached to an aromatic ring is 1. The van der Waals surface area contributed by atoms with Gasteiger partial charge in [0.15, 0.2) is 0 Å². The summed E-state index contributed by atoms with van der Waals surface area (Å²) in [6.07, 6.45) is 1.50. The smallest absolute Gasteiger partial charge is 0.266 e. The summed E-state index contributed by atoms with van der Waals surface area (Å²) in [5, 5.41) is 3.90. The van der Waals surface area contributed by atoms with Crippen molar-refractivity contribution in [1.82, 2.24) is 9.78 Å². The summed E-state index contributed by atoms with van der Waals surface area (Å²) in [5.74, 6) is 0.617. The summed E-state index contributed by atoms with van der Waals surface area (Å²) in [7, 11) is -2.16. The van der Waals surface area contributed by atoms with Crippen molar-refractivity contribution in [1.29, 1.82) is 0 Å². The van der Waals surface area contributed by atoms with E-state index in [4.69, 9.17) is 10.5 Å². The Morgan fingerprint density at radius 1 is 1.40 bits per heavy atom. The number of aromatic nitrogens is 2. The number of benzene rings is 1. The molecule has 7 nitrogen and oxygen atoms in total. The Balaban J connectivity index is 2.43. The van der Waals surface area contributed by atoms with Gasteiger partial charge in [-0.15, -0.1) is 0 Å². The molecule has 0 unspecified atom stereocenters. The molecule has 0 aliphatic heterocycles. The molecule has 8 heteroatoms. The predicted molar refractivity (Wildman–Crippen MR) is 76.0 cm³/mol. The van der Waals surface area contributed by atoms with Gasteiger partial charge in [0, 0.05) is 18.8 Å². The number of hydrogen-bond acceptors (Lipinski definition) is 5. The van der Waals surface area contributed by atoms with E-state index in [1.54, 1.807) is 26.1 Å². The first-order valence-corrected chi connectivity index (χ1v) is 7.45. The third kappa shape index (κ3) is 2.85. The summed E-state index contributed by atoms with van der Waals surface area (Å²) in [6.45, 7) is 2.14. The minimum absolute atomic E-state index is 0.000509. The van der Waals surface area contributed by atoms with Crippen LogP contribution in [-0.4, -0.2) is 24.8 Å². The molecular formula is C12H16N4O3S. The van der Waals surface area contributed by atoms with Crippen molar-refractivity contribution in [2.45, 2.75) is 11.8 Å². The summed E-state index contributed by atoms with van der Waals surface area (Å²) < 4.78 is 34.0. The third-order valence-corrected chi connectivity index (χ3v) is 3.99. The molecule has 0 aliphatic carbocycles. The van der Waals surface area contributed by atoms with Crippen LogP contribution in [-0.2, 0) is 17.1 Å². The zero-order valence-corrected chi connectivity index (χ0v) is 12.0. The highest BCUT2D eigenvalue weighted by molar-refractivity contribution is 7.92. The van der Waals surface area contributed by atoms with Crippen molar-refractivity contribution in [3.05, 3.63) is 30.5 Å². The average molecular weight is 296 g/mol. The fourth-order valence-corrected chi connectivity index (χ4v) is 2.94. The van der Waals surface area contributed by atoms with Gasteiger partial charge in [0.1, 0.15) is 16.5 Å². The van der Waals surface area contributed by atoms with Gasteiger partial charge in [0.2, 0.25) is 0 Å². The molecule has 3 N–H and O–H groups in total. The van der Waals surface area contributed by atoms with Crippen LogP contribution in [0.3, 0.4) is 0 Å². The van der Waals surface area contributed by atoms with Crippen LogP contribution in [0.1, 0.15) is 6.92 Å². The van der Waals surface area contributed by atoms with E-state index in [0.29, 0.717) is 18.1 Å². The second-order valence-electron chi connectivity index (χ2n) is 4.08. The molecular weight excluding hydrogens is 280 g/mol. The van der Waals surface area contributed by atoms with E-state index >= 15 is 0 Å². The van der Waals surface area contributed by atoms with E-state index in [1.165, 1.54) is 23.0 Å². The minimum Gasteiger partial charge on any atom is -0.492 e. The van der Waals surface area contributed by atoms with Crippen molar-refractivity contribution in [3.63, 3.8) is 0 Å². The summed E-state index contributed by atoms with van der Waals surface area (Å²) in [5.41, 5.74) is 6.00. The Kier molecular flexibility index (Phi) is 3.84. The lowest BCUT2D eigenvalue weighted by Gasteiger charge is -2.13. The van der Waals surface area contributed by atoms with Crippen LogP contribution in [0, 0.1) is 0 Å². The molecule has 0 saturated carbocycles. The number of ether oxygens (including phenoxy) is 1. The number of anilines is 2. The second kappa shape index (κ2) is 5.41. The number of nitrogens with one attached hydrogen (secondary N) is 1. The van der Waals surface area contributed by atoms with Gasteiger partial charge < -0.3 is 10.5 Å².